The van der Waals surface area contributed by atoms with Crippen LogP contribution >= 0.6 is 0 Å². The van der Waals surface area contributed by atoms with Crippen molar-refractivity contribution in [2.45, 2.75) is 57.2 Å². The maximum absolute atomic E-state index is 2.52. The summed E-state index contributed by atoms with van der Waals surface area (Å²) in [5, 5.41) is 0. The molecule has 93 valence electrons. The van der Waals surface area contributed by atoms with E-state index >= 15 is 0 Å². The molecular weight excluding hydrogens is 236 g/mol. The monoisotopic (exact) mass is 261 g/mol. The SMILES string of the molecule is CC(C[Si](C)C)c1ccc2c(c1)C[Si](C)(C)C2. The molecule has 2 heteroatoms. The largest absolute Gasteiger partial charge is 0.0713 e. The number of benzene rings is 1. The summed E-state index contributed by atoms with van der Waals surface area (Å²) in [5.74, 6) is 0.759. The average Bonchev–Trinajstić information content (AvgIpc) is 2.48. The van der Waals surface area contributed by atoms with E-state index in [0.717, 1.165) is 5.92 Å². The molecule has 1 heterocycles. The highest BCUT2D eigenvalue weighted by atomic mass is 28.3. The number of rotatable bonds is 3. The fraction of sp³-hybridized carbons (Fsp3) is 0.600. The van der Waals surface area contributed by atoms with Crippen LogP contribution in [0.25, 0.3) is 0 Å². The van der Waals surface area contributed by atoms with Crippen LogP contribution in [0.15, 0.2) is 18.2 Å². The third-order valence-electron chi connectivity index (χ3n) is 3.85. The third kappa shape index (κ3) is 3.11. The van der Waals surface area contributed by atoms with Gasteiger partial charge in [0.05, 0.1) is 8.07 Å². The molecule has 1 aromatic rings. The molecule has 0 amide bonds. The number of fused-ring (bicyclic) bond motifs is 1. The summed E-state index contributed by atoms with van der Waals surface area (Å²) in [6.07, 6.45) is 0. The molecule has 17 heavy (non-hydrogen) atoms. The summed E-state index contributed by atoms with van der Waals surface area (Å²) in [7, 11) is -1.04. The molecule has 1 aliphatic rings. The molecular formula is C15H25Si2. The molecule has 1 atom stereocenters. The van der Waals surface area contributed by atoms with Gasteiger partial charge in [-0.05, 0) is 34.7 Å². The zero-order chi connectivity index (χ0) is 12.6. The molecule has 0 spiro atoms. The predicted molar refractivity (Wildman–Crippen MR) is 82.0 cm³/mol. The van der Waals surface area contributed by atoms with Crippen LogP contribution < -0.4 is 0 Å². The van der Waals surface area contributed by atoms with Crippen molar-refractivity contribution in [3.05, 3.63) is 34.9 Å². The van der Waals surface area contributed by atoms with Crippen LogP contribution in [0.2, 0.25) is 32.2 Å². The average molecular weight is 262 g/mol. The summed E-state index contributed by atoms with van der Waals surface area (Å²) < 4.78 is 0. The first-order valence-electron chi connectivity index (χ1n) is 6.78. The second-order valence-corrected chi connectivity index (χ2v) is 14.7. The van der Waals surface area contributed by atoms with Gasteiger partial charge in [0.15, 0.2) is 0 Å². The van der Waals surface area contributed by atoms with Crippen molar-refractivity contribution in [2.75, 3.05) is 0 Å². The lowest BCUT2D eigenvalue weighted by atomic mass is 9.98. The first-order chi connectivity index (χ1) is 7.87. The maximum atomic E-state index is 2.52. The van der Waals surface area contributed by atoms with Crippen molar-refractivity contribution in [3.8, 4) is 0 Å². The van der Waals surface area contributed by atoms with E-state index in [1.807, 2.05) is 0 Å². The van der Waals surface area contributed by atoms with Crippen LogP contribution in [-0.4, -0.2) is 16.9 Å². The van der Waals surface area contributed by atoms with Crippen molar-refractivity contribution in [1.82, 2.24) is 0 Å². The highest BCUT2D eigenvalue weighted by molar-refractivity contribution is 6.77. The Morgan fingerprint density at radius 2 is 1.82 bits per heavy atom. The van der Waals surface area contributed by atoms with Gasteiger partial charge >= 0.3 is 0 Å². The summed E-state index contributed by atoms with van der Waals surface area (Å²) in [6, 6.07) is 11.5. The van der Waals surface area contributed by atoms with Gasteiger partial charge in [0.25, 0.3) is 0 Å². The van der Waals surface area contributed by atoms with E-state index in [1.54, 1.807) is 16.7 Å². The minimum atomic E-state index is -0.928. The van der Waals surface area contributed by atoms with Gasteiger partial charge in [-0.25, -0.2) is 0 Å². The Hall–Kier alpha value is -0.346. The Kier molecular flexibility index (Phi) is 3.64. The van der Waals surface area contributed by atoms with E-state index in [2.05, 4.69) is 51.3 Å². The molecule has 1 radical (unpaired) electrons. The van der Waals surface area contributed by atoms with Crippen molar-refractivity contribution in [2.24, 2.45) is 0 Å². The molecule has 1 aromatic carbocycles. The van der Waals surface area contributed by atoms with E-state index in [4.69, 9.17) is 0 Å². The van der Waals surface area contributed by atoms with E-state index in [-0.39, 0.29) is 8.80 Å². The van der Waals surface area contributed by atoms with Gasteiger partial charge in [0.2, 0.25) is 0 Å². The number of hydrogen-bond acceptors (Lipinski definition) is 0. The minimum Gasteiger partial charge on any atom is -0.0713 e. The van der Waals surface area contributed by atoms with E-state index in [1.165, 1.54) is 18.1 Å². The smallest absolute Gasteiger partial charge is 0.0561 e. The topological polar surface area (TPSA) is 0 Å². The molecule has 0 aliphatic carbocycles. The molecule has 0 saturated heterocycles. The molecule has 2 rings (SSSR count). The molecule has 0 bridgehead atoms. The standard InChI is InChI=1S/C15H25Si2/c1-12(9-16(2)3)13-6-7-14-10-17(4,5)11-15(14)8-13/h6-8,12H,9-11H2,1-5H3. The zero-order valence-corrected chi connectivity index (χ0v) is 13.9. The normalized spacial score (nSPS) is 19.4. The van der Waals surface area contributed by atoms with Crippen molar-refractivity contribution in [1.29, 1.82) is 0 Å². The Morgan fingerprint density at radius 1 is 1.18 bits per heavy atom. The van der Waals surface area contributed by atoms with E-state index in [0.29, 0.717) is 0 Å². The van der Waals surface area contributed by atoms with Gasteiger partial charge in [-0.2, -0.15) is 0 Å². The van der Waals surface area contributed by atoms with Crippen LogP contribution in [0.1, 0.15) is 29.5 Å². The highest BCUT2D eigenvalue weighted by Gasteiger charge is 2.30. The fourth-order valence-electron chi connectivity index (χ4n) is 3.11. The Morgan fingerprint density at radius 3 is 2.47 bits per heavy atom. The maximum Gasteiger partial charge on any atom is 0.0561 e. The molecule has 1 aliphatic heterocycles. The first-order valence-corrected chi connectivity index (χ1v) is 12.9. The lowest BCUT2D eigenvalue weighted by molar-refractivity contribution is 0.851. The Balaban J connectivity index is 2.19. The molecule has 1 unspecified atom stereocenters. The molecule has 0 fully saturated rings. The van der Waals surface area contributed by atoms with Gasteiger partial charge in [-0.3, -0.25) is 0 Å². The zero-order valence-electron chi connectivity index (χ0n) is 11.9. The first kappa shape index (κ1) is 13.1. The second-order valence-electron chi connectivity index (χ2n) is 6.86. The Labute approximate surface area is 109 Å². The van der Waals surface area contributed by atoms with Gasteiger partial charge in [-0.15, -0.1) is 0 Å². The van der Waals surface area contributed by atoms with Gasteiger partial charge in [0, 0.05) is 8.80 Å². The highest BCUT2D eigenvalue weighted by Crippen LogP contribution is 2.32. The van der Waals surface area contributed by atoms with Crippen molar-refractivity contribution < 1.29 is 0 Å². The van der Waals surface area contributed by atoms with E-state index < -0.39 is 8.07 Å². The summed E-state index contributed by atoms with van der Waals surface area (Å²) in [6.45, 7) is 12.3. The minimum absolute atomic E-state index is 0.108. The van der Waals surface area contributed by atoms with Gasteiger partial charge < -0.3 is 0 Å². The molecule has 0 saturated carbocycles. The fourth-order valence-corrected chi connectivity index (χ4v) is 7.44. The third-order valence-corrected chi connectivity index (χ3v) is 7.96. The molecule has 0 nitrogen and oxygen atoms in total. The van der Waals surface area contributed by atoms with Crippen LogP contribution in [0.5, 0.6) is 0 Å². The lowest BCUT2D eigenvalue weighted by Gasteiger charge is -2.15. The van der Waals surface area contributed by atoms with Crippen LogP contribution in [0.3, 0.4) is 0 Å². The van der Waals surface area contributed by atoms with Crippen LogP contribution in [-0.2, 0) is 12.1 Å². The second kappa shape index (κ2) is 4.73. The summed E-state index contributed by atoms with van der Waals surface area (Å²) in [4.78, 5) is 0. The quantitative estimate of drug-likeness (QED) is 0.706. The van der Waals surface area contributed by atoms with Crippen LogP contribution in [0, 0.1) is 0 Å². The van der Waals surface area contributed by atoms with Gasteiger partial charge in [-0.1, -0.05) is 57.4 Å². The molecule has 0 aromatic heterocycles. The van der Waals surface area contributed by atoms with E-state index in [9.17, 15) is 0 Å². The molecule has 0 N–H and O–H groups in total. The van der Waals surface area contributed by atoms with Crippen LogP contribution in [0.4, 0.5) is 0 Å². The van der Waals surface area contributed by atoms with Gasteiger partial charge in [0.1, 0.15) is 0 Å². The number of hydrogen-bond donors (Lipinski definition) is 0. The van der Waals surface area contributed by atoms with Crippen molar-refractivity contribution in [3.63, 3.8) is 0 Å². The predicted octanol–water partition coefficient (Wildman–Crippen LogP) is 4.43. The summed E-state index contributed by atoms with van der Waals surface area (Å²) in [5.41, 5.74) is 4.91. The van der Waals surface area contributed by atoms with Crippen molar-refractivity contribution >= 4 is 16.9 Å². The Bertz CT molecular complexity index is 407. The lowest BCUT2D eigenvalue weighted by Crippen LogP contribution is -2.26. The summed E-state index contributed by atoms with van der Waals surface area (Å²) >= 11 is 0.